The van der Waals surface area contributed by atoms with Crippen molar-refractivity contribution in [2.45, 2.75) is 13.0 Å². The summed E-state index contributed by atoms with van der Waals surface area (Å²) in [5.41, 5.74) is 1.99. The number of rotatable bonds is 5. The first-order valence-corrected chi connectivity index (χ1v) is 6.02. The monoisotopic (exact) mass is 243 g/mol. The fourth-order valence-corrected chi connectivity index (χ4v) is 1.82. The van der Waals surface area contributed by atoms with Crippen LogP contribution >= 0.6 is 0 Å². The second-order valence-corrected chi connectivity index (χ2v) is 4.20. The standard InChI is InChI=1S/C15H17NO2/c17-14-8-4-7-13(15(14)18)11-16-10-9-12-5-2-1-3-6-12/h1-8,16-18H,9-11H2. The third kappa shape index (κ3) is 3.25. The van der Waals surface area contributed by atoms with Gasteiger partial charge in [-0.05, 0) is 24.6 Å². The van der Waals surface area contributed by atoms with Crippen molar-refractivity contribution in [1.82, 2.24) is 5.32 Å². The molecule has 3 N–H and O–H groups in total. The summed E-state index contributed by atoms with van der Waals surface area (Å²) in [7, 11) is 0. The molecule has 18 heavy (non-hydrogen) atoms. The predicted octanol–water partition coefficient (Wildman–Crippen LogP) is 2.43. The zero-order valence-electron chi connectivity index (χ0n) is 10.1. The largest absolute Gasteiger partial charge is 0.504 e. The Labute approximate surface area is 107 Å². The van der Waals surface area contributed by atoms with E-state index >= 15 is 0 Å². The minimum absolute atomic E-state index is 0.0373. The van der Waals surface area contributed by atoms with Crippen LogP contribution in [0.2, 0.25) is 0 Å². The van der Waals surface area contributed by atoms with Gasteiger partial charge < -0.3 is 15.5 Å². The van der Waals surface area contributed by atoms with Gasteiger partial charge >= 0.3 is 0 Å². The minimum Gasteiger partial charge on any atom is -0.504 e. The summed E-state index contributed by atoms with van der Waals surface area (Å²) >= 11 is 0. The topological polar surface area (TPSA) is 52.5 Å². The van der Waals surface area contributed by atoms with Gasteiger partial charge in [0.15, 0.2) is 11.5 Å². The van der Waals surface area contributed by atoms with Gasteiger partial charge in [0.25, 0.3) is 0 Å². The maximum atomic E-state index is 9.62. The van der Waals surface area contributed by atoms with E-state index in [4.69, 9.17) is 0 Å². The van der Waals surface area contributed by atoms with Crippen LogP contribution in [-0.2, 0) is 13.0 Å². The molecule has 0 amide bonds. The van der Waals surface area contributed by atoms with Crippen molar-refractivity contribution in [3.63, 3.8) is 0 Å². The molecule has 0 radical (unpaired) electrons. The van der Waals surface area contributed by atoms with Crippen LogP contribution in [-0.4, -0.2) is 16.8 Å². The molecular weight excluding hydrogens is 226 g/mol. The molecule has 0 bridgehead atoms. The van der Waals surface area contributed by atoms with Gasteiger partial charge in [-0.1, -0.05) is 42.5 Å². The van der Waals surface area contributed by atoms with E-state index < -0.39 is 0 Å². The first-order chi connectivity index (χ1) is 8.77. The number of hydrogen-bond donors (Lipinski definition) is 3. The summed E-state index contributed by atoms with van der Waals surface area (Å²) in [5.74, 6) is -0.109. The van der Waals surface area contributed by atoms with Crippen LogP contribution in [0, 0.1) is 0 Å². The maximum absolute atomic E-state index is 9.62. The van der Waals surface area contributed by atoms with E-state index in [0.29, 0.717) is 12.1 Å². The van der Waals surface area contributed by atoms with E-state index in [9.17, 15) is 10.2 Å². The van der Waals surface area contributed by atoms with Gasteiger partial charge in [0.05, 0.1) is 0 Å². The van der Waals surface area contributed by atoms with E-state index in [0.717, 1.165) is 13.0 Å². The van der Waals surface area contributed by atoms with Crippen molar-refractivity contribution in [1.29, 1.82) is 0 Å². The van der Waals surface area contributed by atoms with Crippen LogP contribution in [0.1, 0.15) is 11.1 Å². The lowest BCUT2D eigenvalue weighted by molar-refractivity contribution is 0.398. The summed E-state index contributed by atoms with van der Waals surface area (Å²) in [5, 5.41) is 22.2. The molecule has 0 spiro atoms. The Kier molecular flexibility index (Phi) is 4.20. The lowest BCUT2D eigenvalue weighted by atomic mass is 10.1. The minimum atomic E-state index is -0.0719. The lowest BCUT2D eigenvalue weighted by Gasteiger charge is -2.07. The highest BCUT2D eigenvalue weighted by Crippen LogP contribution is 2.27. The van der Waals surface area contributed by atoms with Crippen LogP contribution < -0.4 is 5.32 Å². The second-order valence-electron chi connectivity index (χ2n) is 4.20. The van der Waals surface area contributed by atoms with Gasteiger partial charge in [-0.2, -0.15) is 0 Å². The number of aromatic hydroxyl groups is 2. The van der Waals surface area contributed by atoms with Crippen LogP contribution in [0.15, 0.2) is 48.5 Å². The molecular formula is C15H17NO2. The Balaban J connectivity index is 1.81. The van der Waals surface area contributed by atoms with Crippen LogP contribution in [0.4, 0.5) is 0 Å². The summed E-state index contributed by atoms with van der Waals surface area (Å²) in [6.45, 7) is 1.38. The number of phenols is 2. The smallest absolute Gasteiger partial charge is 0.161 e. The van der Waals surface area contributed by atoms with Gasteiger partial charge in [-0.15, -0.1) is 0 Å². The molecule has 2 aromatic rings. The molecule has 0 unspecified atom stereocenters. The van der Waals surface area contributed by atoms with Crippen LogP contribution in [0.3, 0.4) is 0 Å². The van der Waals surface area contributed by atoms with Gasteiger partial charge in [0, 0.05) is 12.1 Å². The number of benzene rings is 2. The summed E-state index contributed by atoms with van der Waals surface area (Å²) < 4.78 is 0. The average molecular weight is 243 g/mol. The molecule has 3 heteroatoms. The highest BCUT2D eigenvalue weighted by molar-refractivity contribution is 5.44. The van der Waals surface area contributed by atoms with Gasteiger partial charge in [-0.25, -0.2) is 0 Å². The van der Waals surface area contributed by atoms with Gasteiger partial charge in [0.1, 0.15) is 0 Å². The fourth-order valence-electron chi connectivity index (χ4n) is 1.82. The van der Waals surface area contributed by atoms with E-state index in [1.54, 1.807) is 12.1 Å². The third-order valence-corrected chi connectivity index (χ3v) is 2.85. The molecule has 0 aliphatic heterocycles. The number of hydrogen-bond acceptors (Lipinski definition) is 3. The molecule has 94 valence electrons. The van der Waals surface area contributed by atoms with Gasteiger partial charge in [-0.3, -0.25) is 0 Å². The Hall–Kier alpha value is -2.00. The maximum Gasteiger partial charge on any atom is 0.161 e. The van der Waals surface area contributed by atoms with E-state index in [1.807, 2.05) is 18.2 Å². The molecule has 0 heterocycles. The van der Waals surface area contributed by atoms with E-state index in [-0.39, 0.29) is 11.5 Å². The first-order valence-electron chi connectivity index (χ1n) is 6.02. The number of phenolic OH excluding ortho intramolecular Hbond substituents is 2. The fraction of sp³-hybridized carbons (Fsp3) is 0.200. The lowest BCUT2D eigenvalue weighted by Crippen LogP contribution is -2.16. The van der Waals surface area contributed by atoms with Crippen molar-refractivity contribution >= 4 is 0 Å². The van der Waals surface area contributed by atoms with Crippen LogP contribution in [0.25, 0.3) is 0 Å². The molecule has 0 saturated heterocycles. The zero-order chi connectivity index (χ0) is 12.8. The predicted molar refractivity (Wildman–Crippen MR) is 71.6 cm³/mol. The molecule has 0 aliphatic carbocycles. The third-order valence-electron chi connectivity index (χ3n) is 2.85. The quantitative estimate of drug-likeness (QED) is 0.558. The van der Waals surface area contributed by atoms with E-state index in [1.165, 1.54) is 11.6 Å². The molecule has 3 nitrogen and oxygen atoms in total. The molecule has 0 aromatic heterocycles. The number of para-hydroxylation sites is 1. The molecule has 0 saturated carbocycles. The summed E-state index contributed by atoms with van der Waals surface area (Å²) in [6, 6.07) is 15.2. The second kappa shape index (κ2) is 6.07. The normalized spacial score (nSPS) is 10.4. The van der Waals surface area contributed by atoms with Gasteiger partial charge in [0.2, 0.25) is 0 Å². The Morgan fingerprint density at radius 1 is 0.889 bits per heavy atom. The first kappa shape index (κ1) is 12.5. The average Bonchev–Trinajstić information content (AvgIpc) is 2.40. The van der Waals surface area contributed by atoms with Crippen molar-refractivity contribution < 1.29 is 10.2 Å². The molecule has 2 aromatic carbocycles. The summed E-state index contributed by atoms with van der Waals surface area (Å²) in [6.07, 6.45) is 0.945. The Morgan fingerprint density at radius 3 is 2.44 bits per heavy atom. The number of nitrogens with one attached hydrogen (secondary N) is 1. The molecule has 0 atom stereocenters. The summed E-state index contributed by atoms with van der Waals surface area (Å²) in [4.78, 5) is 0. The van der Waals surface area contributed by atoms with Crippen molar-refractivity contribution in [2.75, 3.05) is 6.54 Å². The van der Waals surface area contributed by atoms with Crippen molar-refractivity contribution in [2.24, 2.45) is 0 Å². The highest BCUT2D eigenvalue weighted by atomic mass is 16.3. The highest BCUT2D eigenvalue weighted by Gasteiger charge is 2.04. The molecule has 0 aliphatic rings. The van der Waals surface area contributed by atoms with Crippen LogP contribution in [0.5, 0.6) is 11.5 Å². The SMILES string of the molecule is Oc1cccc(CNCCc2ccccc2)c1O. The molecule has 0 fully saturated rings. The Bertz CT molecular complexity index is 497. The van der Waals surface area contributed by atoms with E-state index in [2.05, 4.69) is 17.4 Å². The zero-order valence-corrected chi connectivity index (χ0v) is 10.1. The van der Waals surface area contributed by atoms with Crippen molar-refractivity contribution in [3.8, 4) is 11.5 Å². The Morgan fingerprint density at radius 2 is 1.67 bits per heavy atom. The molecule has 2 rings (SSSR count). The van der Waals surface area contributed by atoms with Crippen molar-refractivity contribution in [3.05, 3.63) is 59.7 Å².